The third-order valence-corrected chi connectivity index (χ3v) is 4.25. The number of rotatable bonds is 4. The smallest absolute Gasteiger partial charge is 0.268 e. The molecule has 0 aliphatic rings. The number of hydrogen-bond donors (Lipinski definition) is 1. The van der Waals surface area contributed by atoms with Crippen molar-refractivity contribution in [1.29, 1.82) is 0 Å². The van der Waals surface area contributed by atoms with E-state index in [2.05, 4.69) is 10.3 Å². The number of carbonyl (C=O) groups excluding carboxylic acids is 1. The molecule has 0 atom stereocenters. The van der Waals surface area contributed by atoms with Gasteiger partial charge in [-0.1, -0.05) is 36.4 Å². The third-order valence-electron chi connectivity index (χ3n) is 3.42. The molecule has 3 rings (SSSR count). The number of nitrogens with one attached hydrogen (secondary N) is 1. The molecule has 116 valence electrons. The Morgan fingerprint density at radius 2 is 1.96 bits per heavy atom. The van der Waals surface area contributed by atoms with Gasteiger partial charge >= 0.3 is 0 Å². The van der Waals surface area contributed by atoms with Crippen LogP contribution in [0.2, 0.25) is 0 Å². The van der Waals surface area contributed by atoms with Crippen LogP contribution in [0.1, 0.15) is 15.2 Å². The van der Waals surface area contributed by atoms with E-state index in [4.69, 9.17) is 4.74 Å². The van der Waals surface area contributed by atoms with Crippen molar-refractivity contribution in [3.8, 4) is 17.0 Å². The quantitative estimate of drug-likeness (QED) is 0.775. The number of anilines is 1. The van der Waals surface area contributed by atoms with E-state index in [1.807, 2.05) is 55.5 Å². The van der Waals surface area contributed by atoms with Crippen molar-refractivity contribution in [2.45, 2.75) is 6.92 Å². The van der Waals surface area contributed by atoms with Gasteiger partial charge in [0.05, 0.1) is 24.0 Å². The molecule has 0 bridgehead atoms. The van der Waals surface area contributed by atoms with Gasteiger partial charge in [-0.15, -0.1) is 11.3 Å². The molecule has 0 radical (unpaired) electrons. The monoisotopic (exact) mass is 324 g/mol. The summed E-state index contributed by atoms with van der Waals surface area (Å²) in [4.78, 5) is 17.6. The zero-order chi connectivity index (χ0) is 16.2. The SMILES string of the molecule is COc1ccc(C)cc1NC(=O)c1scnc1-c1ccccc1. The summed E-state index contributed by atoms with van der Waals surface area (Å²) in [5.74, 6) is 0.449. The fourth-order valence-electron chi connectivity index (χ4n) is 2.31. The van der Waals surface area contributed by atoms with Crippen LogP contribution >= 0.6 is 11.3 Å². The lowest BCUT2D eigenvalue weighted by molar-refractivity contribution is 0.103. The number of aryl methyl sites for hydroxylation is 1. The predicted molar refractivity (Wildman–Crippen MR) is 93.2 cm³/mol. The van der Waals surface area contributed by atoms with E-state index in [0.29, 0.717) is 22.0 Å². The van der Waals surface area contributed by atoms with Gasteiger partial charge in [0.2, 0.25) is 0 Å². The molecule has 1 aromatic heterocycles. The van der Waals surface area contributed by atoms with Crippen LogP contribution in [-0.4, -0.2) is 18.0 Å². The number of methoxy groups -OCH3 is 1. The number of amides is 1. The standard InChI is InChI=1S/C18H16N2O2S/c1-12-8-9-15(22-2)14(10-12)20-18(21)17-16(19-11-23-17)13-6-4-3-5-7-13/h3-11H,1-2H3,(H,20,21). The Kier molecular flexibility index (Phi) is 4.39. The molecule has 1 heterocycles. The maximum absolute atomic E-state index is 12.7. The molecule has 3 aromatic rings. The molecule has 4 nitrogen and oxygen atoms in total. The fourth-order valence-corrected chi connectivity index (χ4v) is 3.01. The van der Waals surface area contributed by atoms with Gasteiger partial charge in [0.15, 0.2) is 0 Å². The minimum absolute atomic E-state index is 0.185. The summed E-state index contributed by atoms with van der Waals surface area (Å²) in [7, 11) is 1.59. The summed E-state index contributed by atoms with van der Waals surface area (Å²) in [5, 5.41) is 2.92. The van der Waals surface area contributed by atoms with Crippen LogP contribution in [0.4, 0.5) is 5.69 Å². The van der Waals surface area contributed by atoms with E-state index < -0.39 is 0 Å². The zero-order valence-electron chi connectivity index (χ0n) is 12.9. The molecule has 0 unspecified atom stereocenters. The molecule has 1 amide bonds. The van der Waals surface area contributed by atoms with Crippen LogP contribution in [0.15, 0.2) is 54.0 Å². The average Bonchev–Trinajstić information content (AvgIpc) is 3.05. The fraction of sp³-hybridized carbons (Fsp3) is 0.111. The number of aromatic nitrogens is 1. The number of thiazole rings is 1. The largest absolute Gasteiger partial charge is 0.495 e. The third kappa shape index (κ3) is 3.24. The van der Waals surface area contributed by atoms with Crippen LogP contribution in [0.5, 0.6) is 5.75 Å². The normalized spacial score (nSPS) is 10.3. The number of nitrogens with zero attached hydrogens (tertiary/aromatic N) is 1. The van der Waals surface area contributed by atoms with E-state index in [-0.39, 0.29) is 5.91 Å². The van der Waals surface area contributed by atoms with Crippen molar-refractivity contribution in [3.05, 3.63) is 64.5 Å². The first-order chi connectivity index (χ1) is 11.2. The van der Waals surface area contributed by atoms with Crippen LogP contribution in [0.25, 0.3) is 11.3 Å². The van der Waals surface area contributed by atoms with Gasteiger partial charge in [-0.05, 0) is 24.6 Å². The summed E-state index contributed by atoms with van der Waals surface area (Å²) in [6, 6.07) is 15.4. The first kappa shape index (κ1) is 15.2. The number of ether oxygens (including phenoxy) is 1. The van der Waals surface area contributed by atoms with Crippen molar-refractivity contribution in [2.75, 3.05) is 12.4 Å². The Bertz CT molecular complexity index is 828. The molecule has 0 saturated carbocycles. The summed E-state index contributed by atoms with van der Waals surface area (Å²) >= 11 is 1.33. The maximum Gasteiger partial charge on any atom is 0.268 e. The summed E-state index contributed by atoms with van der Waals surface area (Å²) in [5.41, 5.74) is 5.01. The summed E-state index contributed by atoms with van der Waals surface area (Å²) in [6.45, 7) is 1.97. The van der Waals surface area contributed by atoms with Gasteiger partial charge in [0.1, 0.15) is 10.6 Å². The lowest BCUT2D eigenvalue weighted by Crippen LogP contribution is -2.12. The van der Waals surface area contributed by atoms with Crippen LogP contribution < -0.4 is 10.1 Å². The molecular formula is C18H16N2O2S. The van der Waals surface area contributed by atoms with E-state index in [9.17, 15) is 4.79 Å². The van der Waals surface area contributed by atoms with E-state index in [0.717, 1.165) is 11.1 Å². The van der Waals surface area contributed by atoms with Crippen molar-refractivity contribution in [1.82, 2.24) is 4.98 Å². The lowest BCUT2D eigenvalue weighted by atomic mass is 10.1. The highest BCUT2D eigenvalue weighted by Gasteiger charge is 2.17. The molecule has 5 heteroatoms. The molecule has 0 fully saturated rings. The molecule has 2 aromatic carbocycles. The molecule has 0 aliphatic heterocycles. The molecular weight excluding hydrogens is 308 g/mol. The predicted octanol–water partition coefficient (Wildman–Crippen LogP) is 4.38. The number of carbonyl (C=O) groups is 1. The van der Waals surface area contributed by atoms with Crippen LogP contribution in [0, 0.1) is 6.92 Å². The molecule has 0 saturated heterocycles. The van der Waals surface area contributed by atoms with Gasteiger partial charge in [-0.2, -0.15) is 0 Å². The Hall–Kier alpha value is -2.66. The number of hydrogen-bond acceptors (Lipinski definition) is 4. The van der Waals surface area contributed by atoms with Gasteiger partial charge in [-0.3, -0.25) is 4.79 Å². The first-order valence-electron chi connectivity index (χ1n) is 7.14. The Labute approximate surface area is 138 Å². The molecule has 0 spiro atoms. The average molecular weight is 324 g/mol. The summed E-state index contributed by atoms with van der Waals surface area (Å²) in [6.07, 6.45) is 0. The maximum atomic E-state index is 12.7. The van der Waals surface area contributed by atoms with Gasteiger partial charge in [-0.25, -0.2) is 4.98 Å². The summed E-state index contributed by atoms with van der Waals surface area (Å²) < 4.78 is 5.31. The minimum Gasteiger partial charge on any atom is -0.495 e. The zero-order valence-corrected chi connectivity index (χ0v) is 13.7. The van der Waals surface area contributed by atoms with Crippen molar-refractivity contribution in [3.63, 3.8) is 0 Å². The van der Waals surface area contributed by atoms with Gasteiger partial charge in [0, 0.05) is 5.56 Å². The molecule has 23 heavy (non-hydrogen) atoms. The minimum atomic E-state index is -0.185. The van der Waals surface area contributed by atoms with Gasteiger partial charge in [0.25, 0.3) is 5.91 Å². The van der Waals surface area contributed by atoms with E-state index in [1.165, 1.54) is 11.3 Å². The van der Waals surface area contributed by atoms with E-state index in [1.54, 1.807) is 12.6 Å². The van der Waals surface area contributed by atoms with Crippen molar-refractivity contribution >= 4 is 22.9 Å². The van der Waals surface area contributed by atoms with Gasteiger partial charge < -0.3 is 10.1 Å². The second-order valence-corrected chi connectivity index (χ2v) is 5.91. The van der Waals surface area contributed by atoms with Crippen LogP contribution in [-0.2, 0) is 0 Å². The van der Waals surface area contributed by atoms with Crippen molar-refractivity contribution in [2.24, 2.45) is 0 Å². The number of benzene rings is 2. The second kappa shape index (κ2) is 6.62. The Morgan fingerprint density at radius 1 is 1.17 bits per heavy atom. The Balaban J connectivity index is 1.91. The lowest BCUT2D eigenvalue weighted by Gasteiger charge is -2.11. The van der Waals surface area contributed by atoms with Crippen LogP contribution in [0.3, 0.4) is 0 Å². The topological polar surface area (TPSA) is 51.2 Å². The van der Waals surface area contributed by atoms with Crippen molar-refractivity contribution < 1.29 is 9.53 Å². The second-order valence-electron chi connectivity index (χ2n) is 5.05. The first-order valence-corrected chi connectivity index (χ1v) is 8.02. The Morgan fingerprint density at radius 3 is 2.70 bits per heavy atom. The highest BCUT2D eigenvalue weighted by atomic mass is 32.1. The molecule has 0 aliphatic carbocycles. The van der Waals surface area contributed by atoms with E-state index >= 15 is 0 Å². The molecule has 1 N–H and O–H groups in total. The highest BCUT2D eigenvalue weighted by Crippen LogP contribution is 2.29. The highest BCUT2D eigenvalue weighted by molar-refractivity contribution is 7.12.